The van der Waals surface area contributed by atoms with Crippen LogP contribution in [-0.2, 0) is 14.8 Å². The molecule has 0 aliphatic carbocycles. The molecule has 0 saturated carbocycles. The molecule has 2 atom stereocenters. The summed E-state index contributed by atoms with van der Waals surface area (Å²) in [5.41, 5.74) is 0.656. The molecule has 1 amide bonds. The first-order valence-corrected chi connectivity index (χ1v) is 9.63. The zero-order chi connectivity index (χ0) is 18.7. The molecule has 0 spiro atoms. The second-order valence-electron chi connectivity index (χ2n) is 6.15. The van der Waals surface area contributed by atoms with Crippen LogP contribution in [0.3, 0.4) is 0 Å². The lowest BCUT2D eigenvalue weighted by atomic mass is 10.3. The Morgan fingerprint density at radius 3 is 2.38 bits per heavy atom. The van der Waals surface area contributed by atoms with Crippen molar-refractivity contribution in [1.82, 2.24) is 14.3 Å². The number of carbonyl (C=O) groups excluding carboxylic acids is 1. The number of aromatic nitrogens is 2. The van der Waals surface area contributed by atoms with Gasteiger partial charge in [-0.15, -0.1) is 0 Å². The highest BCUT2D eigenvalue weighted by Crippen LogP contribution is 2.22. The predicted molar refractivity (Wildman–Crippen MR) is 95.2 cm³/mol. The van der Waals surface area contributed by atoms with E-state index >= 15 is 0 Å². The number of hydrogen-bond acceptors (Lipinski definition) is 6. The highest BCUT2D eigenvalue weighted by atomic mass is 32.2. The van der Waals surface area contributed by atoms with Crippen LogP contribution in [0, 0.1) is 0 Å². The van der Waals surface area contributed by atoms with Crippen molar-refractivity contribution in [2.45, 2.75) is 31.0 Å². The maximum atomic E-state index is 12.8. The SMILES string of the molecule is C[C@@H]1CN(S(=O)(=O)c2ccc(NC(=O)c3cnccn3)cc2)C[C@@H](C)O1. The first-order chi connectivity index (χ1) is 12.4. The Hall–Kier alpha value is -2.36. The lowest BCUT2D eigenvalue weighted by molar-refractivity contribution is -0.0440. The van der Waals surface area contributed by atoms with Crippen molar-refractivity contribution in [1.29, 1.82) is 0 Å². The number of anilines is 1. The standard InChI is InChI=1S/C17H20N4O4S/c1-12-10-21(11-13(2)25-12)26(23,24)15-5-3-14(4-6-15)20-17(22)16-9-18-7-8-19-16/h3-9,12-13H,10-11H2,1-2H3,(H,20,22)/t12-,13-/m1/s1. The number of benzene rings is 1. The molecule has 1 aromatic carbocycles. The van der Waals surface area contributed by atoms with E-state index in [-0.39, 0.29) is 22.8 Å². The topological polar surface area (TPSA) is 101 Å². The third-order valence-corrected chi connectivity index (χ3v) is 5.78. The van der Waals surface area contributed by atoms with Gasteiger partial charge in [-0.1, -0.05) is 0 Å². The normalized spacial score (nSPS) is 21.3. The average Bonchev–Trinajstić information content (AvgIpc) is 2.62. The second-order valence-corrected chi connectivity index (χ2v) is 8.09. The van der Waals surface area contributed by atoms with Crippen LogP contribution in [0.25, 0.3) is 0 Å². The van der Waals surface area contributed by atoms with Gasteiger partial charge in [0.15, 0.2) is 0 Å². The van der Waals surface area contributed by atoms with Gasteiger partial charge in [0.05, 0.1) is 23.3 Å². The monoisotopic (exact) mass is 376 g/mol. The molecule has 26 heavy (non-hydrogen) atoms. The zero-order valence-corrected chi connectivity index (χ0v) is 15.3. The zero-order valence-electron chi connectivity index (χ0n) is 14.5. The third kappa shape index (κ3) is 4.06. The van der Waals surface area contributed by atoms with Crippen LogP contribution in [0.4, 0.5) is 5.69 Å². The lowest BCUT2D eigenvalue weighted by Crippen LogP contribution is -2.48. The van der Waals surface area contributed by atoms with Gasteiger partial charge in [0, 0.05) is 31.2 Å². The summed E-state index contributed by atoms with van der Waals surface area (Å²) >= 11 is 0. The molecular formula is C17H20N4O4S. The number of amides is 1. The minimum absolute atomic E-state index is 0.154. The van der Waals surface area contributed by atoms with E-state index in [0.29, 0.717) is 18.8 Å². The van der Waals surface area contributed by atoms with Crippen molar-refractivity contribution < 1.29 is 17.9 Å². The summed E-state index contributed by atoms with van der Waals surface area (Å²) in [6.07, 6.45) is 3.95. The van der Waals surface area contributed by atoms with Crippen LogP contribution >= 0.6 is 0 Å². The molecule has 1 fully saturated rings. The minimum atomic E-state index is -3.61. The number of nitrogens with zero attached hydrogens (tertiary/aromatic N) is 3. The fourth-order valence-corrected chi connectivity index (χ4v) is 4.39. The minimum Gasteiger partial charge on any atom is -0.373 e. The Labute approximate surface area is 152 Å². The number of hydrogen-bond donors (Lipinski definition) is 1. The molecule has 1 aromatic heterocycles. The van der Waals surface area contributed by atoms with Crippen LogP contribution in [0.5, 0.6) is 0 Å². The van der Waals surface area contributed by atoms with Crippen LogP contribution in [0.1, 0.15) is 24.3 Å². The molecule has 9 heteroatoms. The van der Waals surface area contributed by atoms with Crippen LogP contribution in [-0.4, -0.2) is 53.9 Å². The van der Waals surface area contributed by atoms with Gasteiger partial charge in [-0.05, 0) is 38.1 Å². The van der Waals surface area contributed by atoms with Gasteiger partial charge < -0.3 is 10.1 Å². The number of rotatable bonds is 4. The number of nitrogens with one attached hydrogen (secondary N) is 1. The Morgan fingerprint density at radius 1 is 1.15 bits per heavy atom. The Bertz CT molecular complexity index is 861. The van der Waals surface area contributed by atoms with Crippen molar-refractivity contribution in [2.75, 3.05) is 18.4 Å². The molecule has 1 N–H and O–H groups in total. The van der Waals surface area contributed by atoms with Gasteiger partial charge >= 0.3 is 0 Å². The summed E-state index contributed by atoms with van der Waals surface area (Å²) in [6.45, 7) is 4.34. The summed E-state index contributed by atoms with van der Waals surface area (Å²) in [5, 5.41) is 2.66. The van der Waals surface area contributed by atoms with Crippen molar-refractivity contribution in [3.63, 3.8) is 0 Å². The molecule has 8 nitrogen and oxygen atoms in total. The number of ether oxygens (including phenoxy) is 1. The predicted octanol–water partition coefficient (Wildman–Crippen LogP) is 1.53. The second kappa shape index (κ2) is 7.48. The van der Waals surface area contributed by atoms with Crippen LogP contribution in [0.2, 0.25) is 0 Å². The number of sulfonamides is 1. The third-order valence-electron chi connectivity index (χ3n) is 3.93. The summed E-state index contributed by atoms with van der Waals surface area (Å²) in [6, 6.07) is 6.06. The Morgan fingerprint density at radius 2 is 1.81 bits per heavy atom. The summed E-state index contributed by atoms with van der Waals surface area (Å²) in [4.78, 5) is 20.0. The molecule has 0 bridgehead atoms. The van der Waals surface area contributed by atoms with Crippen molar-refractivity contribution in [2.24, 2.45) is 0 Å². The van der Waals surface area contributed by atoms with Gasteiger partial charge in [-0.2, -0.15) is 4.31 Å². The molecule has 3 rings (SSSR count). The maximum Gasteiger partial charge on any atom is 0.275 e. The van der Waals surface area contributed by atoms with Gasteiger partial charge in [0.25, 0.3) is 5.91 Å². The summed E-state index contributed by atoms with van der Waals surface area (Å²) in [5.74, 6) is -0.412. The van der Waals surface area contributed by atoms with E-state index in [9.17, 15) is 13.2 Å². The average molecular weight is 376 g/mol. The molecule has 2 heterocycles. The molecule has 2 aromatic rings. The first kappa shape index (κ1) is 18.4. The van der Waals surface area contributed by atoms with E-state index in [4.69, 9.17) is 4.74 Å². The van der Waals surface area contributed by atoms with Crippen LogP contribution < -0.4 is 5.32 Å². The Balaban J connectivity index is 1.73. The Kier molecular flexibility index (Phi) is 5.30. The molecule has 1 aliphatic heterocycles. The summed E-state index contributed by atoms with van der Waals surface area (Å²) < 4.78 is 32.6. The molecule has 1 saturated heterocycles. The molecule has 138 valence electrons. The maximum absolute atomic E-state index is 12.8. The number of morpholine rings is 1. The fraction of sp³-hybridized carbons (Fsp3) is 0.353. The van der Waals surface area contributed by atoms with E-state index in [1.165, 1.54) is 35.0 Å². The lowest BCUT2D eigenvalue weighted by Gasteiger charge is -2.34. The highest BCUT2D eigenvalue weighted by Gasteiger charge is 2.32. The van der Waals surface area contributed by atoms with E-state index < -0.39 is 15.9 Å². The van der Waals surface area contributed by atoms with Crippen molar-refractivity contribution in [3.8, 4) is 0 Å². The van der Waals surface area contributed by atoms with E-state index in [1.807, 2.05) is 13.8 Å². The highest BCUT2D eigenvalue weighted by molar-refractivity contribution is 7.89. The van der Waals surface area contributed by atoms with E-state index in [1.54, 1.807) is 12.1 Å². The van der Waals surface area contributed by atoms with E-state index in [2.05, 4.69) is 15.3 Å². The van der Waals surface area contributed by atoms with Gasteiger partial charge in [-0.3, -0.25) is 9.78 Å². The summed E-state index contributed by atoms with van der Waals surface area (Å²) in [7, 11) is -3.61. The van der Waals surface area contributed by atoms with Crippen molar-refractivity contribution in [3.05, 3.63) is 48.5 Å². The quantitative estimate of drug-likeness (QED) is 0.868. The molecular weight excluding hydrogens is 356 g/mol. The molecule has 0 unspecified atom stereocenters. The van der Waals surface area contributed by atoms with E-state index in [0.717, 1.165) is 0 Å². The first-order valence-electron chi connectivity index (χ1n) is 8.19. The smallest absolute Gasteiger partial charge is 0.275 e. The molecule has 1 aliphatic rings. The van der Waals surface area contributed by atoms with Crippen LogP contribution in [0.15, 0.2) is 47.8 Å². The fourth-order valence-electron chi connectivity index (χ4n) is 2.80. The van der Waals surface area contributed by atoms with Gasteiger partial charge in [0.1, 0.15) is 5.69 Å². The van der Waals surface area contributed by atoms with Crippen molar-refractivity contribution >= 4 is 21.6 Å². The van der Waals surface area contributed by atoms with Gasteiger partial charge in [0.2, 0.25) is 10.0 Å². The van der Waals surface area contributed by atoms with Gasteiger partial charge in [-0.25, -0.2) is 13.4 Å². The number of carbonyl (C=O) groups is 1. The largest absolute Gasteiger partial charge is 0.373 e. The molecule has 0 radical (unpaired) electrons.